The zero-order valence-corrected chi connectivity index (χ0v) is 21.5. The van der Waals surface area contributed by atoms with Crippen molar-refractivity contribution in [2.24, 2.45) is 7.05 Å². The van der Waals surface area contributed by atoms with Gasteiger partial charge in [-0.05, 0) is 62.8 Å². The number of aromatic nitrogens is 4. The first kappa shape index (κ1) is 26.4. The molecular formula is C27H37N7O3. The summed E-state index contributed by atoms with van der Waals surface area (Å²) in [4.78, 5) is 23.2. The molecule has 0 saturated heterocycles. The molecule has 3 aromatic rings. The van der Waals surface area contributed by atoms with Crippen molar-refractivity contribution < 1.29 is 14.6 Å². The monoisotopic (exact) mass is 507 g/mol. The van der Waals surface area contributed by atoms with Gasteiger partial charge in [-0.25, -0.2) is 14.8 Å². The largest absolute Gasteiger partial charge is 0.480 e. The van der Waals surface area contributed by atoms with Gasteiger partial charge in [-0.1, -0.05) is 12.1 Å². The van der Waals surface area contributed by atoms with E-state index in [0.717, 1.165) is 56.7 Å². The molecule has 4 rings (SSSR count). The van der Waals surface area contributed by atoms with Crippen LogP contribution in [-0.4, -0.2) is 74.6 Å². The van der Waals surface area contributed by atoms with Crippen LogP contribution < -0.4 is 15.4 Å². The number of rotatable bonds is 15. The number of aliphatic carboxylic acids is 1. The van der Waals surface area contributed by atoms with E-state index in [4.69, 9.17) is 9.72 Å². The van der Waals surface area contributed by atoms with Gasteiger partial charge in [-0.3, -0.25) is 9.58 Å². The van der Waals surface area contributed by atoms with Gasteiger partial charge in [0, 0.05) is 50.7 Å². The summed E-state index contributed by atoms with van der Waals surface area (Å²) in [5.41, 5.74) is 2.42. The molecule has 10 nitrogen and oxygen atoms in total. The first-order chi connectivity index (χ1) is 18.1. The number of carboxylic acids is 1. The fourth-order valence-electron chi connectivity index (χ4n) is 4.46. The molecule has 1 atom stereocenters. The van der Waals surface area contributed by atoms with Crippen molar-refractivity contribution >= 4 is 17.6 Å². The summed E-state index contributed by atoms with van der Waals surface area (Å²) in [6, 6.07) is 11.0. The highest BCUT2D eigenvalue weighted by Crippen LogP contribution is 2.20. The maximum atomic E-state index is 11.9. The summed E-state index contributed by atoms with van der Waals surface area (Å²) in [7, 11) is 1.79. The number of carbonyl (C=O) groups is 1. The van der Waals surface area contributed by atoms with Crippen molar-refractivity contribution in [1.29, 1.82) is 0 Å². The summed E-state index contributed by atoms with van der Waals surface area (Å²) in [5.74, 6) is 1.44. The standard InChI is InChI=1S/C27H37N7O3/c1-33-24(12-16-30-33)32-23(27(35)36)13-18-34(19-20-37-25-9-2-4-14-28-25)17-5-3-8-22-11-10-21-7-6-15-29-26(21)31-22/h2,4,9-12,14,16,23,32H,3,5-8,13,15,17-20H2,1H3,(H,29,31)(H,35,36). The average Bonchev–Trinajstić information content (AvgIpc) is 3.32. The maximum absolute atomic E-state index is 11.9. The number of hydrogen-bond acceptors (Lipinski definition) is 8. The number of ether oxygens (including phenoxy) is 1. The van der Waals surface area contributed by atoms with Crippen molar-refractivity contribution in [1.82, 2.24) is 24.6 Å². The number of hydrogen-bond donors (Lipinski definition) is 3. The third-order valence-electron chi connectivity index (χ3n) is 6.58. The Labute approximate surface area is 218 Å². The van der Waals surface area contributed by atoms with Crippen LogP contribution in [0.15, 0.2) is 48.8 Å². The Morgan fingerprint density at radius 1 is 1.19 bits per heavy atom. The minimum atomic E-state index is -0.877. The molecule has 37 heavy (non-hydrogen) atoms. The second-order valence-electron chi connectivity index (χ2n) is 9.32. The molecule has 4 heterocycles. The van der Waals surface area contributed by atoms with E-state index in [1.54, 1.807) is 30.2 Å². The van der Waals surface area contributed by atoms with E-state index in [2.05, 4.69) is 37.7 Å². The topological polar surface area (TPSA) is 117 Å². The van der Waals surface area contributed by atoms with Gasteiger partial charge in [-0.2, -0.15) is 5.10 Å². The van der Waals surface area contributed by atoms with Crippen molar-refractivity contribution in [3.8, 4) is 5.88 Å². The molecule has 0 radical (unpaired) electrons. The van der Waals surface area contributed by atoms with Crippen LogP contribution in [0, 0.1) is 0 Å². The number of fused-ring (bicyclic) bond motifs is 1. The number of pyridine rings is 2. The predicted octanol–water partition coefficient (Wildman–Crippen LogP) is 3.23. The molecule has 0 aromatic carbocycles. The molecule has 0 spiro atoms. The number of aryl methyl sites for hydroxylation is 3. The van der Waals surface area contributed by atoms with Crippen molar-refractivity contribution in [3.05, 3.63) is 60.0 Å². The zero-order chi connectivity index (χ0) is 25.9. The fourth-order valence-corrected chi connectivity index (χ4v) is 4.46. The molecule has 10 heteroatoms. The maximum Gasteiger partial charge on any atom is 0.326 e. The smallest absolute Gasteiger partial charge is 0.326 e. The van der Waals surface area contributed by atoms with Crippen LogP contribution >= 0.6 is 0 Å². The van der Waals surface area contributed by atoms with Gasteiger partial charge >= 0.3 is 5.97 Å². The Morgan fingerprint density at radius 3 is 2.89 bits per heavy atom. The van der Waals surface area contributed by atoms with E-state index in [9.17, 15) is 9.90 Å². The van der Waals surface area contributed by atoms with Crippen molar-refractivity contribution in [2.45, 2.75) is 44.6 Å². The second-order valence-corrected chi connectivity index (χ2v) is 9.32. The Bertz CT molecular complexity index is 1120. The van der Waals surface area contributed by atoms with Crippen molar-refractivity contribution in [3.63, 3.8) is 0 Å². The highest BCUT2D eigenvalue weighted by atomic mass is 16.5. The van der Waals surface area contributed by atoms with E-state index >= 15 is 0 Å². The zero-order valence-electron chi connectivity index (χ0n) is 21.5. The summed E-state index contributed by atoms with van der Waals surface area (Å²) >= 11 is 0. The van der Waals surface area contributed by atoms with Crippen LogP contribution in [0.1, 0.15) is 36.9 Å². The number of unbranched alkanes of at least 4 members (excludes halogenated alkanes) is 1. The van der Waals surface area contributed by atoms with Gasteiger partial charge in [0.05, 0.1) is 6.20 Å². The predicted molar refractivity (Wildman–Crippen MR) is 143 cm³/mol. The molecule has 1 unspecified atom stereocenters. The normalized spacial score (nSPS) is 13.6. The van der Waals surface area contributed by atoms with E-state index in [-0.39, 0.29) is 0 Å². The Balaban J connectivity index is 1.28. The lowest BCUT2D eigenvalue weighted by Crippen LogP contribution is -2.37. The van der Waals surface area contributed by atoms with Gasteiger partial charge in [-0.15, -0.1) is 0 Å². The number of nitrogens with one attached hydrogen (secondary N) is 2. The van der Waals surface area contributed by atoms with E-state index < -0.39 is 12.0 Å². The van der Waals surface area contributed by atoms with Crippen LogP contribution in [0.5, 0.6) is 5.88 Å². The van der Waals surface area contributed by atoms with Gasteiger partial charge in [0.15, 0.2) is 0 Å². The summed E-state index contributed by atoms with van der Waals surface area (Å²) < 4.78 is 7.44. The molecule has 0 aliphatic carbocycles. The minimum absolute atomic E-state index is 0.460. The van der Waals surface area contributed by atoms with Crippen LogP contribution in [-0.2, 0) is 24.7 Å². The van der Waals surface area contributed by atoms with Crippen LogP contribution in [0.25, 0.3) is 0 Å². The van der Waals surface area contributed by atoms with Crippen molar-refractivity contribution in [2.75, 3.05) is 43.4 Å². The summed E-state index contributed by atoms with van der Waals surface area (Å²) in [6.07, 6.45) is 9.00. The Hall–Kier alpha value is -3.66. The third-order valence-corrected chi connectivity index (χ3v) is 6.58. The highest BCUT2D eigenvalue weighted by Gasteiger charge is 2.20. The quantitative estimate of drug-likeness (QED) is 0.267. The number of anilines is 2. The highest BCUT2D eigenvalue weighted by molar-refractivity contribution is 5.76. The molecule has 3 aromatic heterocycles. The third kappa shape index (κ3) is 8.18. The molecule has 1 aliphatic heterocycles. The van der Waals surface area contributed by atoms with Crippen LogP contribution in [0.2, 0.25) is 0 Å². The first-order valence-corrected chi connectivity index (χ1v) is 13.0. The molecule has 0 amide bonds. The minimum Gasteiger partial charge on any atom is -0.480 e. The number of nitrogens with zero attached hydrogens (tertiary/aromatic N) is 5. The van der Waals surface area contributed by atoms with Gasteiger partial charge in [0.25, 0.3) is 0 Å². The number of carboxylic acid groups (broad SMARTS) is 1. The van der Waals surface area contributed by atoms with Crippen LogP contribution in [0.3, 0.4) is 0 Å². The Kier molecular flexibility index (Phi) is 9.70. The van der Waals surface area contributed by atoms with E-state index in [1.807, 2.05) is 18.2 Å². The molecule has 3 N–H and O–H groups in total. The fraction of sp³-hybridized carbons (Fsp3) is 0.481. The summed E-state index contributed by atoms with van der Waals surface area (Å²) in [6.45, 7) is 3.66. The van der Waals surface area contributed by atoms with E-state index in [1.165, 1.54) is 5.56 Å². The van der Waals surface area contributed by atoms with Crippen LogP contribution in [0.4, 0.5) is 11.6 Å². The van der Waals surface area contributed by atoms with Gasteiger partial charge in [0.1, 0.15) is 24.3 Å². The summed E-state index contributed by atoms with van der Waals surface area (Å²) in [5, 5.41) is 20.4. The lowest BCUT2D eigenvalue weighted by molar-refractivity contribution is -0.138. The average molecular weight is 508 g/mol. The van der Waals surface area contributed by atoms with Gasteiger partial charge < -0.3 is 20.5 Å². The molecule has 0 saturated carbocycles. The molecule has 0 fully saturated rings. The molecule has 0 bridgehead atoms. The first-order valence-electron chi connectivity index (χ1n) is 13.0. The van der Waals surface area contributed by atoms with E-state index in [0.29, 0.717) is 37.8 Å². The SMILES string of the molecule is Cn1nccc1NC(CCN(CCCCc1ccc2c(n1)NCCC2)CCOc1ccccn1)C(=O)O. The molecule has 198 valence electrons. The molecular weight excluding hydrogens is 470 g/mol. The van der Waals surface area contributed by atoms with Gasteiger partial charge in [0.2, 0.25) is 5.88 Å². The lowest BCUT2D eigenvalue weighted by atomic mass is 10.1. The Morgan fingerprint density at radius 2 is 2.11 bits per heavy atom. The molecule has 1 aliphatic rings. The lowest BCUT2D eigenvalue weighted by Gasteiger charge is -2.24. The second kappa shape index (κ2) is 13.6.